The predicted molar refractivity (Wildman–Crippen MR) is 105 cm³/mol. The van der Waals surface area contributed by atoms with Gasteiger partial charge in [-0.05, 0) is 35.0 Å². The van der Waals surface area contributed by atoms with Gasteiger partial charge in [0.1, 0.15) is 0 Å². The Bertz CT molecular complexity index is 893. The molecule has 2 rings (SSSR count). The van der Waals surface area contributed by atoms with Crippen LogP contribution in [0.3, 0.4) is 0 Å². The summed E-state index contributed by atoms with van der Waals surface area (Å²) in [6.45, 7) is 1.23. The van der Waals surface area contributed by atoms with Gasteiger partial charge in [-0.15, -0.1) is 0 Å². The van der Waals surface area contributed by atoms with Gasteiger partial charge in [-0.1, -0.05) is 23.5 Å². The van der Waals surface area contributed by atoms with E-state index in [1.165, 1.54) is 4.57 Å². The summed E-state index contributed by atoms with van der Waals surface area (Å²) in [6.07, 6.45) is -0.0206. The molecular weight excluding hydrogens is 438 g/mol. The molecule has 1 heterocycles. The SMILES string of the molecule is Cc1csc(=O)n1CCC(=O)OCC(=O)NCC(=O)Nc1ccccc1Br. The van der Waals surface area contributed by atoms with Crippen molar-refractivity contribution in [3.63, 3.8) is 0 Å². The van der Waals surface area contributed by atoms with Gasteiger partial charge in [0.2, 0.25) is 5.91 Å². The minimum absolute atomic E-state index is 0.0206. The number of nitrogens with one attached hydrogen (secondary N) is 2. The highest BCUT2D eigenvalue weighted by Crippen LogP contribution is 2.20. The largest absolute Gasteiger partial charge is 0.456 e. The maximum absolute atomic E-state index is 11.8. The van der Waals surface area contributed by atoms with E-state index in [1.54, 1.807) is 30.5 Å². The van der Waals surface area contributed by atoms with Crippen LogP contribution in [0.25, 0.3) is 0 Å². The summed E-state index contributed by atoms with van der Waals surface area (Å²) >= 11 is 4.37. The topological polar surface area (TPSA) is 106 Å². The maximum Gasteiger partial charge on any atom is 0.308 e. The van der Waals surface area contributed by atoms with E-state index in [2.05, 4.69) is 26.6 Å². The van der Waals surface area contributed by atoms with Crippen LogP contribution in [0.15, 0.2) is 38.9 Å². The summed E-state index contributed by atoms with van der Waals surface area (Å²) in [5.74, 6) is -1.59. The highest BCUT2D eigenvalue weighted by atomic mass is 79.9. The number of ether oxygens (including phenoxy) is 1. The number of thiazole rings is 1. The molecule has 1 aromatic carbocycles. The maximum atomic E-state index is 11.8. The Kier molecular flexibility index (Phi) is 7.74. The number of aromatic nitrogens is 1. The molecular formula is C17H18BrN3O5S. The van der Waals surface area contributed by atoms with Crippen LogP contribution in [-0.2, 0) is 25.7 Å². The summed E-state index contributed by atoms with van der Waals surface area (Å²) in [7, 11) is 0. The normalized spacial score (nSPS) is 10.3. The Labute approximate surface area is 167 Å². The first-order valence-corrected chi connectivity index (χ1v) is 9.65. The van der Waals surface area contributed by atoms with Crippen molar-refractivity contribution in [1.29, 1.82) is 0 Å². The summed E-state index contributed by atoms with van der Waals surface area (Å²) in [6, 6.07) is 7.07. The van der Waals surface area contributed by atoms with Crippen LogP contribution >= 0.6 is 27.3 Å². The van der Waals surface area contributed by atoms with Crippen LogP contribution in [0.2, 0.25) is 0 Å². The summed E-state index contributed by atoms with van der Waals surface area (Å²) in [4.78, 5) is 46.6. The van der Waals surface area contributed by atoms with Crippen molar-refractivity contribution in [2.24, 2.45) is 0 Å². The Balaban J connectivity index is 1.67. The van der Waals surface area contributed by atoms with Crippen LogP contribution < -0.4 is 15.5 Å². The molecule has 2 amide bonds. The van der Waals surface area contributed by atoms with Gasteiger partial charge in [-0.2, -0.15) is 0 Å². The van der Waals surface area contributed by atoms with Gasteiger partial charge in [0.15, 0.2) is 6.61 Å². The molecule has 0 aliphatic rings. The third-order valence-electron chi connectivity index (χ3n) is 3.47. The second-order valence-corrected chi connectivity index (χ2v) is 7.19. The van der Waals surface area contributed by atoms with E-state index in [-0.39, 0.29) is 24.4 Å². The van der Waals surface area contributed by atoms with Crippen molar-refractivity contribution >= 4 is 50.7 Å². The molecule has 144 valence electrons. The molecule has 0 bridgehead atoms. The van der Waals surface area contributed by atoms with Crippen LogP contribution in [0.5, 0.6) is 0 Å². The minimum atomic E-state index is -0.597. The number of hydrogen-bond acceptors (Lipinski definition) is 6. The molecule has 0 saturated carbocycles. The van der Waals surface area contributed by atoms with Crippen LogP contribution in [-0.4, -0.2) is 35.5 Å². The van der Waals surface area contributed by atoms with Gasteiger partial charge in [0.25, 0.3) is 5.91 Å². The number of amides is 2. The number of nitrogens with zero attached hydrogens (tertiary/aromatic N) is 1. The molecule has 0 aliphatic heterocycles. The Hall–Kier alpha value is -2.46. The van der Waals surface area contributed by atoms with Crippen LogP contribution in [0.4, 0.5) is 5.69 Å². The zero-order valence-corrected chi connectivity index (χ0v) is 16.9. The second-order valence-electron chi connectivity index (χ2n) is 5.51. The van der Waals surface area contributed by atoms with Gasteiger partial charge in [-0.25, -0.2) is 0 Å². The molecule has 0 unspecified atom stereocenters. The average Bonchev–Trinajstić information content (AvgIpc) is 2.96. The first-order chi connectivity index (χ1) is 12.9. The smallest absolute Gasteiger partial charge is 0.308 e. The van der Waals surface area contributed by atoms with Crippen molar-refractivity contribution in [2.75, 3.05) is 18.5 Å². The lowest BCUT2D eigenvalue weighted by atomic mass is 10.3. The van der Waals surface area contributed by atoms with Crippen molar-refractivity contribution < 1.29 is 19.1 Å². The molecule has 0 saturated heterocycles. The monoisotopic (exact) mass is 455 g/mol. The number of aryl methyl sites for hydroxylation is 1. The number of para-hydroxylation sites is 1. The quantitative estimate of drug-likeness (QED) is 0.588. The Morgan fingerprint density at radius 2 is 1.96 bits per heavy atom. The molecule has 0 fully saturated rings. The van der Waals surface area contributed by atoms with Crippen molar-refractivity contribution in [3.8, 4) is 0 Å². The number of esters is 1. The van der Waals surface area contributed by atoms with Gasteiger partial charge in [0.05, 0.1) is 18.7 Å². The lowest BCUT2D eigenvalue weighted by molar-refractivity contribution is -0.148. The van der Waals surface area contributed by atoms with E-state index in [4.69, 9.17) is 4.74 Å². The predicted octanol–water partition coefficient (Wildman–Crippen LogP) is 1.67. The molecule has 2 aromatic rings. The molecule has 2 N–H and O–H groups in total. The molecule has 1 aromatic heterocycles. The number of halogens is 1. The third kappa shape index (κ3) is 6.65. The number of benzene rings is 1. The van der Waals surface area contributed by atoms with Gasteiger partial charge < -0.3 is 19.9 Å². The molecule has 10 heteroatoms. The van der Waals surface area contributed by atoms with E-state index in [0.717, 1.165) is 21.5 Å². The first kappa shape index (κ1) is 20.8. The number of rotatable bonds is 8. The summed E-state index contributed by atoms with van der Waals surface area (Å²) in [5.41, 5.74) is 1.36. The number of anilines is 1. The fraction of sp³-hybridized carbons (Fsp3) is 0.294. The molecule has 0 spiro atoms. The molecule has 0 aliphatic carbocycles. The van der Waals surface area contributed by atoms with Crippen molar-refractivity contribution in [1.82, 2.24) is 9.88 Å². The van der Waals surface area contributed by atoms with Crippen LogP contribution in [0, 0.1) is 6.92 Å². The number of carbonyl (C=O) groups is 3. The summed E-state index contributed by atoms with van der Waals surface area (Å²) < 4.78 is 7.04. The van der Waals surface area contributed by atoms with Crippen molar-refractivity contribution in [3.05, 3.63) is 49.5 Å². The summed E-state index contributed by atoms with van der Waals surface area (Å²) in [5, 5.41) is 6.71. The fourth-order valence-electron chi connectivity index (χ4n) is 2.08. The minimum Gasteiger partial charge on any atom is -0.456 e. The second kappa shape index (κ2) is 10.0. The zero-order chi connectivity index (χ0) is 19.8. The molecule has 8 nitrogen and oxygen atoms in total. The van der Waals surface area contributed by atoms with E-state index in [1.807, 2.05) is 6.07 Å². The first-order valence-electron chi connectivity index (χ1n) is 7.98. The number of carbonyl (C=O) groups excluding carboxylic acids is 3. The van der Waals surface area contributed by atoms with E-state index in [9.17, 15) is 19.2 Å². The van der Waals surface area contributed by atoms with Crippen molar-refractivity contribution in [2.45, 2.75) is 19.9 Å². The Morgan fingerprint density at radius 1 is 1.22 bits per heavy atom. The fourth-order valence-corrected chi connectivity index (χ4v) is 3.23. The number of hydrogen-bond donors (Lipinski definition) is 2. The van der Waals surface area contributed by atoms with Crippen LogP contribution in [0.1, 0.15) is 12.1 Å². The van der Waals surface area contributed by atoms with E-state index >= 15 is 0 Å². The lowest BCUT2D eigenvalue weighted by Gasteiger charge is -2.09. The molecule has 0 radical (unpaired) electrons. The van der Waals surface area contributed by atoms with E-state index in [0.29, 0.717) is 5.69 Å². The highest BCUT2D eigenvalue weighted by molar-refractivity contribution is 9.10. The highest BCUT2D eigenvalue weighted by Gasteiger charge is 2.11. The van der Waals surface area contributed by atoms with Gasteiger partial charge >= 0.3 is 10.8 Å². The zero-order valence-electron chi connectivity index (χ0n) is 14.5. The standard InChI is InChI=1S/C17H18BrN3O5S/c1-11-10-27-17(25)21(11)7-6-16(24)26-9-15(23)19-8-14(22)20-13-5-3-2-4-12(13)18/h2-5,10H,6-9H2,1H3,(H,19,23)(H,20,22). The Morgan fingerprint density at radius 3 is 2.63 bits per heavy atom. The average molecular weight is 456 g/mol. The molecule has 0 atom stereocenters. The van der Waals surface area contributed by atoms with E-state index < -0.39 is 24.4 Å². The lowest BCUT2D eigenvalue weighted by Crippen LogP contribution is -2.35. The van der Waals surface area contributed by atoms with Gasteiger partial charge in [-0.3, -0.25) is 19.2 Å². The third-order valence-corrected chi connectivity index (χ3v) is 5.05. The van der Waals surface area contributed by atoms with Gasteiger partial charge in [0, 0.05) is 22.1 Å². The molecule has 27 heavy (non-hydrogen) atoms.